The lowest BCUT2D eigenvalue weighted by Gasteiger charge is -2.26. The fourth-order valence-electron chi connectivity index (χ4n) is 1.15. The van der Waals surface area contributed by atoms with Gasteiger partial charge in [0.05, 0.1) is 5.38 Å². The molecule has 0 saturated carbocycles. The molecule has 0 spiro atoms. The molecule has 0 bridgehead atoms. The van der Waals surface area contributed by atoms with E-state index in [2.05, 4.69) is 55.5 Å². The van der Waals surface area contributed by atoms with E-state index in [4.69, 9.17) is 11.6 Å². The van der Waals surface area contributed by atoms with Gasteiger partial charge in [0.1, 0.15) is 0 Å². The Labute approximate surface area is 98.8 Å². The molecule has 0 fully saturated rings. The van der Waals surface area contributed by atoms with Crippen LogP contribution in [0.1, 0.15) is 31.7 Å². The summed E-state index contributed by atoms with van der Waals surface area (Å²) in [5.74, 6) is 0. The van der Waals surface area contributed by atoms with Gasteiger partial charge in [0.25, 0.3) is 0 Å². The smallest absolute Gasteiger partial charge is 0.0643 e. The van der Waals surface area contributed by atoms with E-state index in [1.165, 1.54) is 9.13 Å². The molecular formula is C11H14ClI. The molecule has 1 aromatic rings. The first-order valence-corrected chi connectivity index (χ1v) is 5.83. The summed E-state index contributed by atoms with van der Waals surface area (Å²) >= 11 is 8.71. The Morgan fingerprint density at radius 3 is 2.23 bits per heavy atom. The van der Waals surface area contributed by atoms with Crippen molar-refractivity contribution in [3.8, 4) is 0 Å². The Morgan fingerprint density at radius 2 is 1.77 bits per heavy atom. The van der Waals surface area contributed by atoms with Crippen molar-refractivity contribution in [1.29, 1.82) is 0 Å². The summed E-state index contributed by atoms with van der Waals surface area (Å²) in [6.45, 7) is 6.48. The van der Waals surface area contributed by atoms with Gasteiger partial charge in [0.2, 0.25) is 0 Å². The maximum absolute atomic E-state index is 6.38. The van der Waals surface area contributed by atoms with Crippen LogP contribution in [0, 0.1) is 8.99 Å². The van der Waals surface area contributed by atoms with Crippen molar-refractivity contribution < 1.29 is 0 Å². The molecule has 72 valence electrons. The van der Waals surface area contributed by atoms with Crippen LogP contribution in [0.15, 0.2) is 24.3 Å². The first-order valence-electron chi connectivity index (χ1n) is 4.31. The number of halogens is 2. The normalized spacial score (nSPS) is 14.2. The van der Waals surface area contributed by atoms with E-state index in [-0.39, 0.29) is 10.8 Å². The predicted molar refractivity (Wildman–Crippen MR) is 67.2 cm³/mol. The Bertz CT molecular complexity index is 288. The van der Waals surface area contributed by atoms with Crippen molar-refractivity contribution >= 4 is 34.2 Å². The molecule has 0 saturated heterocycles. The van der Waals surface area contributed by atoms with Gasteiger partial charge in [0.15, 0.2) is 0 Å². The van der Waals surface area contributed by atoms with Gasteiger partial charge in [-0.05, 0) is 39.6 Å². The first-order chi connectivity index (χ1) is 5.93. The minimum Gasteiger partial charge on any atom is -0.117 e. The second kappa shape index (κ2) is 4.18. The fourth-order valence-corrected chi connectivity index (χ4v) is 2.22. The largest absolute Gasteiger partial charge is 0.117 e. The molecule has 1 rings (SSSR count). The van der Waals surface area contributed by atoms with E-state index >= 15 is 0 Å². The lowest BCUT2D eigenvalue weighted by atomic mass is 9.87. The molecule has 0 radical (unpaired) electrons. The van der Waals surface area contributed by atoms with Crippen molar-refractivity contribution in [3.05, 3.63) is 33.4 Å². The highest BCUT2D eigenvalue weighted by atomic mass is 127. The highest BCUT2D eigenvalue weighted by molar-refractivity contribution is 14.1. The average molecular weight is 309 g/mol. The van der Waals surface area contributed by atoms with Gasteiger partial charge in [-0.2, -0.15) is 0 Å². The van der Waals surface area contributed by atoms with Crippen molar-refractivity contribution in [3.63, 3.8) is 0 Å². The topological polar surface area (TPSA) is 0 Å². The van der Waals surface area contributed by atoms with Crippen LogP contribution in [-0.2, 0) is 0 Å². The Kier molecular flexibility index (Phi) is 3.64. The molecule has 1 atom stereocenters. The predicted octanol–water partition coefficient (Wildman–Crippen LogP) is 4.62. The van der Waals surface area contributed by atoms with Crippen molar-refractivity contribution in [2.45, 2.75) is 26.1 Å². The van der Waals surface area contributed by atoms with Gasteiger partial charge in [-0.25, -0.2) is 0 Å². The van der Waals surface area contributed by atoms with E-state index < -0.39 is 0 Å². The number of benzene rings is 1. The van der Waals surface area contributed by atoms with Crippen LogP contribution in [0.3, 0.4) is 0 Å². The molecule has 0 heterocycles. The molecule has 1 unspecified atom stereocenters. The molecule has 13 heavy (non-hydrogen) atoms. The minimum atomic E-state index is 0.0839. The quantitative estimate of drug-likeness (QED) is 0.525. The maximum atomic E-state index is 6.38. The monoisotopic (exact) mass is 308 g/mol. The van der Waals surface area contributed by atoms with Crippen LogP contribution in [0.25, 0.3) is 0 Å². The molecule has 1 aromatic carbocycles. The van der Waals surface area contributed by atoms with E-state index in [1.54, 1.807) is 0 Å². The highest BCUT2D eigenvalue weighted by Crippen LogP contribution is 2.39. The van der Waals surface area contributed by atoms with Gasteiger partial charge in [-0.15, -0.1) is 11.6 Å². The molecule has 0 aliphatic rings. The summed E-state index contributed by atoms with van der Waals surface area (Å²) in [4.78, 5) is 0. The first kappa shape index (κ1) is 11.3. The third-order valence-electron chi connectivity index (χ3n) is 1.94. The summed E-state index contributed by atoms with van der Waals surface area (Å²) in [5.41, 5.74) is 1.35. The van der Waals surface area contributed by atoms with E-state index in [0.717, 1.165) is 0 Å². The van der Waals surface area contributed by atoms with Crippen LogP contribution in [-0.4, -0.2) is 0 Å². The van der Waals surface area contributed by atoms with Crippen LogP contribution >= 0.6 is 34.2 Å². The molecule has 0 amide bonds. The lowest BCUT2D eigenvalue weighted by molar-refractivity contribution is 0.395. The van der Waals surface area contributed by atoms with Crippen LogP contribution in [0.5, 0.6) is 0 Å². The highest BCUT2D eigenvalue weighted by Gasteiger charge is 2.25. The maximum Gasteiger partial charge on any atom is 0.0643 e. The van der Waals surface area contributed by atoms with Crippen molar-refractivity contribution in [1.82, 2.24) is 0 Å². The zero-order valence-corrected chi connectivity index (χ0v) is 11.1. The Hall–Kier alpha value is 0.240. The number of alkyl halides is 1. The average Bonchev–Trinajstić information content (AvgIpc) is 2.02. The van der Waals surface area contributed by atoms with Gasteiger partial charge in [0, 0.05) is 3.57 Å². The van der Waals surface area contributed by atoms with Gasteiger partial charge < -0.3 is 0 Å². The number of rotatable bonds is 1. The number of hydrogen-bond acceptors (Lipinski definition) is 0. The Morgan fingerprint density at radius 1 is 1.23 bits per heavy atom. The molecular weight excluding hydrogens is 294 g/mol. The fraction of sp³-hybridized carbons (Fsp3) is 0.455. The molecule has 2 heteroatoms. The zero-order chi connectivity index (χ0) is 10.1. The third-order valence-corrected chi connectivity index (χ3v) is 3.81. The second-order valence-corrected chi connectivity index (χ2v) is 5.85. The zero-order valence-electron chi connectivity index (χ0n) is 8.14. The standard InChI is InChI=1S/C11H14ClI/c1-11(2,3)10(12)8-6-4-5-7-9(8)13/h4-7,10H,1-3H3. The van der Waals surface area contributed by atoms with E-state index in [0.29, 0.717) is 0 Å². The van der Waals surface area contributed by atoms with Crippen LogP contribution < -0.4 is 0 Å². The number of hydrogen-bond donors (Lipinski definition) is 0. The summed E-state index contributed by atoms with van der Waals surface area (Å²) in [6.07, 6.45) is 0. The van der Waals surface area contributed by atoms with E-state index in [1.807, 2.05) is 12.1 Å². The summed E-state index contributed by atoms with van der Waals surface area (Å²) in [5, 5.41) is 0.0839. The summed E-state index contributed by atoms with van der Waals surface area (Å²) in [7, 11) is 0. The van der Waals surface area contributed by atoms with Gasteiger partial charge in [-0.3, -0.25) is 0 Å². The van der Waals surface area contributed by atoms with Gasteiger partial charge >= 0.3 is 0 Å². The minimum absolute atomic E-state index is 0.0839. The summed E-state index contributed by atoms with van der Waals surface area (Å²) in [6, 6.07) is 8.28. The Balaban J connectivity index is 3.02. The van der Waals surface area contributed by atoms with Crippen molar-refractivity contribution in [2.24, 2.45) is 5.41 Å². The van der Waals surface area contributed by atoms with Crippen LogP contribution in [0.4, 0.5) is 0 Å². The van der Waals surface area contributed by atoms with Gasteiger partial charge in [-0.1, -0.05) is 39.0 Å². The second-order valence-electron chi connectivity index (χ2n) is 4.25. The molecule has 0 N–H and O–H groups in total. The molecule has 0 aromatic heterocycles. The molecule has 0 aliphatic heterocycles. The molecule has 0 aliphatic carbocycles. The van der Waals surface area contributed by atoms with Crippen LogP contribution in [0.2, 0.25) is 0 Å². The SMILES string of the molecule is CC(C)(C)C(Cl)c1ccccc1I. The molecule has 0 nitrogen and oxygen atoms in total. The summed E-state index contributed by atoms with van der Waals surface area (Å²) < 4.78 is 1.25. The third kappa shape index (κ3) is 2.84. The lowest BCUT2D eigenvalue weighted by Crippen LogP contribution is -2.14. The van der Waals surface area contributed by atoms with E-state index in [9.17, 15) is 0 Å². The van der Waals surface area contributed by atoms with Crippen molar-refractivity contribution in [2.75, 3.05) is 0 Å².